The molecule has 2 amide bonds. The molecule has 1 N–H and O–H groups in total. The summed E-state index contributed by atoms with van der Waals surface area (Å²) in [7, 11) is 0. The van der Waals surface area contributed by atoms with Gasteiger partial charge in [0.25, 0.3) is 0 Å². The Bertz CT molecular complexity index is 426. The summed E-state index contributed by atoms with van der Waals surface area (Å²) in [5.74, 6) is -0.198. The monoisotopic (exact) mass is 262 g/mol. The minimum absolute atomic E-state index is 0.0905. The largest absolute Gasteiger partial charge is 0.355 e. The van der Waals surface area contributed by atoms with Gasteiger partial charge >= 0.3 is 0 Å². The first-order valence-corrected chi connectivity index (χ1v) is 6.60. The molecule has 104 valence electrons. The maximum Gasteiger partial charge on any atom is 0.239 e. The van der Waals surface area contributed by atoms with Crippen LogP contribution >= 0.6 is 0 Å². The first-order valence-electron chi connectivity index (χ1n) is 6.60. The van der Waals surface area contributed by atoms with Crippen LogP contribution in [0.2, 0.25) is 0 Å². The molecule has 4 heteroatoms. The Morgan fingerprint density at radius 1 is 1.21 bits per heavy atom. The second kappa shape index (κ2) is 7.56. The van der Waals surface area contributed by atoms with Crippen molar-refractivity contribution in [2.24, 2.45) is 0 Å². The number of nitrogens with zero attached hydrogens (tertiary/aromatic N) is 1. The van der Waals surface area contributed by atoms with Crippen LogP contribution in [0, 0.1) is 6.92 Å². The summed E-state index contributed by atoms with van der Waals surface area (Å²) in [5.41, 5.74) is 2.21. The fourth-order valence-corrected chi connectivity index (χ4v) is 1.69. The molecule has 19 heavy (non-hydrogen) atoms. The molecule has 0 saturated carbocycles. The van der Waals surface area contributed by atoms with E-state index in [1.807, 2.05) is 38.1 Å². The molecule has 0 bridgehead atoms. The molecule has 0 atom stereocenters. The second-order valence-electron chi connectivity index (χ2n) is 4.71. The Labute approximate surface area is 114 Å². The van der Waals surface area contributed by atoms with Gasteiger partial charge in [-0.3, -0.25) is 9.59 Å². The van der Waals surface area contributed by atoms with E-state index < -0.39 is 0 Å². The molecule has 1 aromatic rings. The van der Waals surface area contributed by atoms with E-state index in [2.05, 4.69) is 5.32 Å². The third-order valence-electron chi connectivity index (χ3n) is 2.85. The highest BCUT2D eigenvalue weighted by Gasteiger charge is 2.13. The predicted molar refractivity (Wildman–Crippen MR) is 75.6 cm³/mol. The molecular formula is C15H22N2O2. The Hall–Kier alpha value is -1.84. The van der Waals surface area contributed by atoms with E-state index in [0.717, 1.165) is 12.0 Å². The lowest BCUT2D eigenvalue weighted by Crippen LogP contribution is -2.39. The van der Waals surface area contributed by atoms with Crippen LogP contribution in [0.5, 0.6) is 0 Å². The zero-order valence-corrected chi connectivity index (χ0v) is 11.9. The molecule has 0 heterocycles. The van der Waals surface area contributed by atoms with Gasteiger partial charge < -0.3 is 10.2 Å². The second-order valence-corrected chi connectivity index (χ2v) is 4.71. The fourth-order valence-electron chi connectivity index (χ4n) is 1.69. The summed E-state index contributed by atoms with van der Waals surface area (Å²) in [6, 6.07) is 7.97. The lowest BCUT2D eigenvalue weighted by atomic mass is 10.1. The first-order chi connectivity index (χ1) is 9.02. The van der Waals surface area contributed by atoms with Crippen molar-refractivity contribution >= 4 is 11.8 Å². The van der Waals surface area contributed by atoms with Gasteiger partial charge in [0.2, 0.25) is 11.8 Å². The quantitative estimate of drug-likeness (QED) is 0.851. The summed E-state index contributed by atoms with van der Waals surface area (Å²) >= 11 is 0. The Balaban J connectivity index is 2.60. The van der Waals surface area contributed by atoms with Crippen LogP contribution in [0.4, 0.5) is 0 Å². The molecule has 1 aromatic carbocycles. The van der Waals surface area contributed by atoms with Crippen molar-refractivity contribution in [2.75, 3.05) is 13.1 Å². The number of amides is 2. The standard InChI is InChI=1S/C15H22N2O2/c1-4-9-16-15(19)11-17(13(3)18)10-14-7-5-12(2)6-8-14/h5-8H,4,9-11H2,1-3H3,(H,16,19). The summed E-state index contributed by atoms with van der Waals surface area (Å²) in [6.45, 7) is 6.73. The van der Waals surface area contributed by atoms with Crippen molar-refractivity contribution in [3.05, 3.63) is 35.4 Å². The van der Waals surface area contributed by atoms with Crippen LogP contribution in [-0.2, 0) is 16.1 Å². The minimum Gasteiger partial charge on any atom is -0.355 e. The smallest absolute Gasteiger partial charge is 0.239 e. The normalized spacial score (nSPS) is 10.1. The van der Waals surface area contributed by atoms with E-state index in [0.29, 0.717) is 13.1 Å². The molecule has 4 nitrogen and oxygen atoms in total. The third kappa shape index (κ3) is 5.55. The van der Waals surface area contributed by atoms with Crippen LogP contribution in [-0.4, -0.2) is 29.8 Å². The Morgan fingerprint density at radius 2 is 1.84 bits per heavy atom. The van der Waals surface area contributed by atoms with Crippen molar-refractivity contribution in [1.29, 1.82) is 0 Å². The highest BCUT2D eigenvalue weighted by atomic mass is 16.2. The van der Waals surface area contributed by atoms with E-state index in [9.17, 15) is 9.59 Å². The summed E-state index contributed by atoms with van der Waals surface area (Å²) in [5, 5.41) is 2.78. The van der Waals surface area contributed by atoms with E-state index >= 15 is 0 Å². The van der Waals surface area contributed by atoms with Crippen molar-refractivity contribution in [2.45, 2.75) is 33.7 Å². The summed E-state index contributed by atoms with van der Waals surface area (Å²) < 4.78 is 0. The van der Waals surface area contributed by atoms with Gasteiger partial charge in [-0.1, -0.05) is 36.8 Å². The summed E-state index contributed by atoms with van der Waals surface area (Å²) in [4.78, 5) is 24.8. The maximum atomic E-state index is 11.7. The SMILES string of the molecule is CCCNC(=O)CN(Cc1ccc(C)cc1)C(C)=O. The molecule has 0 spiro atoms. The van der Waals surface area contributed by atoms with Crippen LogP contribution in [0.3, 0.4) is 0 Å². The van der Waals surface area contributed by atoms with Crippen LogP contribution in [0.1, 0.15) is 31.4 Å². The average molecular weight is 262 g/mol. The van der Waals surface area contributed by atoms with E-state index in [1.54, 1.807) is 4.90 Å². The van der Waals surface area contributed by atoms with Crippen LogP contribution in [0.15, 0.2) is 24.3 Å². The van der Waals surface area contributed by atoms with Gasteiger partial charge in [-0.05, 0) is 18.9 Å². The predicted octanol–water partition coefficient (Wildman–Crippen LogP) is 1.87. The number of nitrogens with one attached hydrogen (secondary N) is 1. The Morgan fingerprint density at radius 3 is 2.37 bits per heavy atom. The molecule has 0 aliphatic carbocycles. The number of carbonyl (C=O) groups excluding carboxylic acids is 2. The average Bonchev–Trinajstić information content (AvgIpc) is 2.38. The van der Waals surface area contributed by atoms with Gasteiger partial charge in [0.05, 0.1) is 6.54 Å². The number of benzene rings is 1. The molecule has 1 rings (SSSR count). The van der Waals surface area contributed by atoms with E-state index in [4.69, 9.17) is 0 Å². The van der Waals surface area contributed by atoms with Crippen molar-refractivity contribution in [1.82, 2.24) is 10.2 Å². The van der Waals surface area contributed by atoms with Crippen molar-refractivity contribution in [3.63, 3.8) is 0 Å². The van der Waals surface area contributed by atoms with E-state index in [-0.39, 0.29) is 18.4 Å². The maximum absolute atomic E-state index is 11.7. The van der Waals surface area contributed by atoms with Gasteiger partial charge in [0.1, 0.15) is 0 Å². The lowest BCUT2D eigenvalue weighted by Gasteiger charge is -2.20. The molecule has 0 fully saturated rings. The van der Waals surface area contributed by atoms with Crippen LogP contribution < -0.4 is 5.32 Å². The topological polar surface area (TPSA) is 49.4 Å². The number of carbonyl (C=O) groups is 2. The Kier molecular flexibility index (Phi) is 6.06. The number of rotatable bonds is 6. The highest BCUT2D eigenvalue weighted by Crippen LogP contribution is 2.07. The number of hydrogen-bond acceptors (Lipinski definition) is 2. The fraction of sp³-hybridized carbons (Fsp3) is 0.467. The zero-order chi connectivity index (χ0) is 14.3. The van der Waals surface area contributed by atoms with Crippen molar-refractivity contribution in [3.8, 4) is 0 Å². The lowest BCUT2D eigenvalue weighted by molar-refractivity contribution is -0.134. The molecule has 0 radical (unpaired) electrons. The molecule has 0 aliphatic heterocycles. The first kappa shape index (κ1) is 15.2. The highest BCUT2D eigenvalue weighted by molar-refractivity contribution is 5.83. The van der Waals surface area contributed by atoms with Gasteiger partial charge in [-0.25, -0.2) is 0 Å². The minimum atomic E-state index is -0.107. The molecule has 0 saturated heterocycles. The molecular weight excluding hydrogens is 240 g/mol. The summed E-state index contributed by atoms with van der Waals surface area (Å²) in [6.07, 6.45) is 0.893. The van der Waals surface area contributed by atoms with Gasteiger partial charge in [0, 0.05) is 20.0 Å². The van der Waals surface area contributed by atoms with Crippen molar-refractivity contribution < 1.29 is 9.59 Å². The van der Waals surface area contributed by atoms with Crippen LogP contribution in [0.25, 0.3) is 0 Å². The number of hydrogen-bond donors (Lipinski definition) is 1. The number of aryl methyl sites for hydroxylation is 1. The van der Waals surface area contributed by atoms with E-state index in [1.165, 1.54) is 12.5 Å². The van der Waals surface area contributed by atoms with Gasteiger partial charge in [-0.15, -0.1) is 0 Å². The third-order valence-corrected chi connectivity index (χ3v) is 2.85. The zero-order valence-electron chi connectivity index (χ0n) is 11.9. The molecule has 0 aromatic heterocycles. The van der Waals surface area contributed by atoms with Gasteiger partial charge in [0.15, 0.2) is 0 Å². The van der Waals surface area contributed by atoms with Gasteiger partial charge in [-0.2, -0.15) is 0 Å². The molecule has 0 aliphatic rings. The molecule has 0 unspecified atom stereocenters.